The fraction of sp³-hybridized carbons (Fsp3) is 0.474. The molecule has 2 rings (SSSR count). The summed E-state index contributed by atoms with van der Waals surface area (Å²) in [5.41, 5.74) is 0.891. The van der Waals surface area contributed by atoms with Crippen molar-refractivity contribution in [2.75, 3.05) is 38.6 Å². The molecule has 150 valence electrons. The lowest BCUT2D eigenvalue weighted by molar-refractivity contribution is 0.626. The van der Waals surface area contributed by atoms with E-state index in [4.69, 9.17) is 0 Å². The number of halogens is 2. The summed E-state index contributed by atoms with van der Waals surface area (Å²) in [6, 6.07) is 6.66. The second-order valence-electron chi connectivity index (χ2n) is 6.00. The van der Waals surface area contributed by atoms with Gasteiger partial charge < -0.3 is 15.5 Å². The smallest absolute Gasteiger partial charge is 0.190 e. The molecular weight excluding hydrogens is 476 g/mol. The zero-order valence-electron chi connectivity index (χ0n) is 16.2. The van der Waals surface area contributed by atoms with Gasteiger partial charge in [-0.25, -0.2) is 9.37 Å². The van der Waals surface area contributed by atoms with E-state index in [2.05, 4.69) is 32.4 Å². The zero-order chi connectivity index (χ0) is 18.8. The molecule has 0 aliphatic heterocycles. The van der Waals surface area contributed by atoms with Gasteiger partial charge in [0.05, 0.1) is 5.01 Å². The fourth-order valence-corrected chi connectivity index (χ4v) is 3.36. The van der Waals surface area contributed by atoms with Crippen LogP contribution in [0.15, 0.2) is 35.5 Å². The normalized spacial score (nSPS) is 11.0. The molecule has 0 unspecified atom stereocenters. The van der Waals surface area contributed by atoms with E-state index < -0.39 is 0 Å². The van der Waals surface area contributed by atoms with Crippen molar-refractivity contribution in [2.45, 2.75) is 26.2 Å². The van der Waals surface area contributed by atoms with Gasteiger partial charge in [-0.15, -0.1) is 35.3 Å². The van der Waals surface area contributed by atoms with Gasteiger partial charge >= 0.3 is 0 Å². The van der Waals surface area contributed by atoms with Crippen LogP contribution < -0.4 is 15.5 Å². The molecule has 0 spiro atoms. The van der Waals surface area contributed by atoms with E-state index in [1.807, 2.05) is 19.3 Å². The molecule has 0 atom stereocenters. The maximum atomic E-state index is 13.3. The maximum absolute atomic E-state index is 13.3. The number of aliphatic imine (C=N–C) groups is 1. The highest BCUT2D eigenvalue weighted by molar-refractivity contribution is 14.0. The van der Waals surface area contributed by atoms with E-state index in [0.717, 1.165) is 55.6 Å². The second-order valence-corrected chi connectivity index (χ2v) is 7.20. The van der Waals surface area contributed by atoms with E-state index in [-0.39, 0.29) is 29.8 Å². The lowest BCUT2D eigenvalue weighted by atomic mass is 10.2. The monoisotopic (exact) mass is 505 g/mol. The van der Waals surface area contributed by atoms with Crippen LogP contribution in [0.1, 0.15) is 23.2 Å². The first kappa shape index (κ1) is 23.6. The molecule has 0 amide bonds. The summed E-state index contributed by atoms with van der Waals surface area (Å²) in [7, 11) is 3.74. The van der Waals surface area contributed by atoms with E-state index in [0.29, 0.717) is 0 Å². The fourth-order valence-electron chi connectivity index (χ4n) is 2.50. The van der Waals surface area contributed by atoms with Gasteiger partial charge in [0, 0.05) is 56.9 Å². The van der Waals surface area contributed by atoms with Crippen LogP contribution >= 0.6 is 35.3 Å². The number of thiazole rings is 1. The molecule has 0 aliphatic rings. The first-order chi connectivity index (χ1) is 12.6. The van der Waals surface area contributed by atoms with Gasteiger partial charge in [-0.3, -0.25) is 4.99 Å². The summed E-state index contributed by atoms with van der Waals surface area (Å²) < 4.78 is 13.3. The van der Waals surface area contributed by atoms with Crippen LogP contribution in [0.2, 0.25) is 0 Å². The zero-order valence-corrected chi connectivity index (χ0v) is 19.3. The number of anilines is 1. The predicted molar refractivity (Wildman–Crippen MR) is 124 cm³/mol. The van der Waals surface area contributed by atoms with Crippen molar-refractivity contribution in [2.24, 2.45) is 4.99 Å². The summed E-state index contributed by atoms with van der Waals surface area (Å²) in [5.74, 6) is 0.592. The van der Waals surface area contributed by atoms with E-state index in [1.165, 1.54) is 10.9 Å². The van der Waals surface area contributed by atoms with E-state index >= 15 is 0 Å². The molecule has 0 bridgehead atoms. The minimum absolute atomic E-state index is 0. The van der Waals surface area contributed by atoms with Crippen LogP contribution in [0.3, 0.4) is 0 Å². The molecule has 0 radical (unpaired) electrons. The average Bonchev–Trinajstić information content (AvgIpc) is 3.11. The topological polar surface area (TPSA) is 52.6 Å². The van der Waals surface area contributed by atoms with Gasteiger partial charge in [0.2, 0.25) is 0 Å². The molecular formula is C19H29FIN5S. The number of guanidine groups is 1. The lowest BCUT2D eigenvalue weighted by Gasteiger charge is -2.19. The highest BCUT2D eigenvalue weighted by atomic mass is 127. The first-order valence-electron chi connectivity index (χ1n) is 8.97. The SMILES string of the molecule is CCc1cnc(CCNC(=NC)NCCCN(C)c2cccc(F)c2)s1.I. The van der Waals surface area contributed by atoms with Gasteiger partial charge in [0.15, 0.2) is 5.96 Å². The molecule has 2 N–H and O–H groups in total. The Morgan fingerprint density at radius 3 is 2.74 bits per heavy atom. The number of hydrogen-bond acceptors (Lipinski definition) is 4. The molecule has 2 aromatic rings. The molecule has 0 fully saturated rings. The molecule has 0 saturated heterocycles. The molecule has 8 heteroatoms. The number of hydrogen-bond donors (Lipinski definition) is 2. The second kappa shape index (κ2) is 12.9. The molecule has 1 aromatic carbocycles. The van der Waals surface area contributed by atoms with Gasteiger partial charge in [-0.05, 0) is 31.0 Å². The van der Waals surface area contributed by atoms with Gasteiger partial charge in [0.1, 0.15) is 5.82 Å². The third-order valence-corrected chi connectivity index (χ3v) is 5.22. The molecule has 0 aliphatic carbocycles. The van der Waals surface area contributed by atoms with Gasteiger partial charge in [0.25, 0.3) is 0 Å². The number of nitrogens with one attached hydrogen (secondary N) is 2. The molecule has 1 aromatic heterocycles. The number of aryl methyl sites for hydroxylation is 1. The first-order valence-corrected chi connectivity index (χ1v) is 9.78. The van der Waals surface area contributed by atoms with Crippen molar-refractivity contribution in [3.63, 3.8) is 0 Å². The number of rotatable bonds is 9. The summed E-state index contributed by atoms with van der Waals surface area (Å²) in [5, 5.41) is 7.78. The minimum atomic E-state index is -0.205. The number of benzene rings is 1. The summed E-state index contributed by atoms with van der Waals surface area (Å²) in [6.07, 6.45) is 4.83. The predicted octanol–water partition coefficient (Wildman–Crippen LogP) is 3.70. The van der Waals surface area contributed by atoms with Crippen LogP contribution in [-0.4, -0.2) is 44.7 Å². The summed E-state index contributed by atoms with van der Waals surface area (Å²) >= 11 is 1.77. The molecule has 0 saturated carbocycles. The summed E-state index contributed by atoms with van der Waals surface area (Å²) in [6.45, 7) is 4.59. The Morgan fingerprint density at radius 2 is 2.07 bits per heavy atom. The van der Waals surface area contributed by atoms with Gasteiger partial charge in [-0.1, -0.05) is 13.0 Å². The Kier molecular flexibility index (Phi) is 11.3. The van der Waals surface area contributed by atoms with Crippen molar-refractivity contribution < 1.29 is 4.39 Å². The molecule has 5 nitrogen and oxygen atoms in total. The Hall–Kier alpha value is -1.42. The average molecular weight is 505 g/mol. The summed E-state index contributed by atoms with van der Waals surface area (Å²) in [4.78, 5) is 12.0. The minimum Gasteiger partial charge on any atom is -0.374 e. The highest BCUT2D eigenvalue weighted by Gasteiger charge is 2.04. The number of aromatic nitrogens is 1. The maximum Gasteiger partial charge on any atom is 0.190 e. The van der Waals surface area contributed by atoms with Crippen molar-refractivity contribution in [1.29, 1.82) is 0 Å². The van der Waals surface area contributed by atoms with Crippen LogP contribution in [0, 0.1) is 5.82 Å². The standard InChI is InChI=1S/C19H28FN5S.HI/c1-4-17-14-24-18(26-17)9-11-23-19(21-2)22-10-6-12-25(3)16-8-5-7-15(20)13-16;/h5,7-8,13-14H,4,6,9-12H2,1-3H3,(H2,21,22,23);1H. The van der Waals surface area contributed by atoms with E-state index in [9.17, 15) is 4.39 Å². The van der Waals surface area contributed by atoms with Crippen molar-refractivity contribution in [1.82, 2.24) is 15.6 Å². The highest BCUT2D eigenvalue weighted by Crippen LogP contribution is 2.14. The van der Waals surface area contributed by atoms with Gasteiger partial charge in [-0.2, -0.15) is 0 Å². The Morgan fingerprint density at radius 1 is 1.30 bits per heavy atom. The van der Waals surface area contributed by atoms with Crippen LogP contribution in [0.4, 0.5) is 10.1 Å². The van der Waals surface area contributed by atoms with Crippen LogP contribution in [0.5, 0.6) is 0 Å². The molecule has 1 heterocycles. The van der Waals surface area contributed by atoms with Crippen molar-refractivity contribution in [3.05, 3.63) is 46.2 Å². The van der Waals surface area contributed by atoms with Crippen LogP contribution in [0.25, 0.3) is 0 Å². The third-order valence-electron chi connectivity index (χ3n) is 4.02. The quantitative estimate of drug-likeness (QED) is 0.236. The largest absolute Gasteiger partial charge is 0.374 e. The number of nitrogens with zero attached hydrogens (tertiary/aromatic N) is 3. The Bertz CT molecular complexity index is 707. The van der Waals surface area contributed by atoms with Crippen LogP contribution in [-0.2, 0) is 12.8 Å². The van der Waals surface area contributed by atoms with Crippen molar-refractivity contribution in [3.8, 4) is 0 Å². The van der Waals surface area contributed by atoms with Crippen molar-refractivity contribution >= 4 is 47.0 Å². The molecule has 27 heavy (non-hydrogen) atoms. The van der Waals surface area contributed by atoms with E-state index in [1.54, 1.807) is 30.5 Å². The lowest BCUT2D eigenvalue weighted by Crippen LogP contribution is -2.39. The third kappa shape index (κ3) is 8.42. The Labute approximate surface area is 182 Å². The Balaban J connectivity index is 0.00000364.